The van der Waals surface area contributed by atoms with Crippen LogP contribution in [-0.2, 0) is 6.67 Å². The van der Waals surface area contributed by atoms with Crippen LogP contribution in [0.25, 0.3) is 0 Å². The van der Waals surface area contributed by atoms with Gasteiger partial charge in [-0.05, 0) is 6.07 Å². The SMILES string of the molecule is FCc1c(Br)ccnc1C(F)F. The first-order valence-corrected chi connectivity index (χ1v) is 3.93. The summed E-state index contributed by atoms with van der Waals surface area (Å²) < 4.78 is 36.8. The highest BCUT2D eigenvalue weighted by atomic mass is 79.9. The van der Waals surface area contributed by atoms with Crippen LogP contribution in [0.5, 0.6) is 0 Å². The van der Waals surface area contributed by atoms with E-state index in [9.17, 15) is 13.2 Å². The van der Waals surface area contributed by atoms with Gasteiger partial charge in [0.2, 0.25) is 0 Å². The molecule has 0 bridgehead atoms. The van der Waals surface area contributed by atoms with Crippen molar-refractivity contribution < 1.29 is 13.2 Å². The zero-order chi connectivity index (χ0) is 9.14. The summed E-state index contributed by atoms with van der Waals surface area (Å²) in [6.45, 7) is -0.936. The highest BCUT2D eigenvalue weighted by Crippen LogP contribution is 2.26. The molecule has 0 N–H and O–H groups in total. The molecule has 0 saturated carbocycles. The van der Waals surface area contributed by atoms with Crippen LogP contribution >= 0.6 is 15.9 Å². The van der Waals surface area contributed by atoms with E-state index in [4.69, 9.17) is 0 Å². The van der Waals surface area contributed by atoms with Crippen molar-refractivity contribution in [2.24, 2.45) is 0 Å². The van der Waals surface area contributed by atoms with E-state index in [1.807, 2.05) is 0 Å². The first kappa shape index (κ1) is 9.51. The number of halogens is 4. The molecule has 0 atom stereocenters. The average Bonchev–Trinajstić information content (AvgIpc) is 2.03. The third-order valence-corrected chi connectivity index (χ3v) is 2.12. The Balaban J connectivity index is 3.18. The van der Waals surface area contributed by atoms with Crippen LogP contribution in [0.15, 0.2) is 16.7 Å². The van der Waals surface area contributed by atoms with Crippen molar-refractivity contribution in [3.05, 3.63) is 28.0 Å². The summed E-state index contributed by atoms with van der Waals surface area (Å²) in [4.78, 5) is 3.39. The molecule has 1 nitrogen and oxygen atoms in total. The zero-order valence-electron chi connectivity index (χ0n) is 5.90. The van der Waals surface area contributed by atoms with E-state index in [1.165, 1.54) is 12.3 Å². The van der Waals surface area contributed by atoms with Gasteiger partial charge in [0.15, 0.2) is 0 Å². The van der Waals surface area contributed by atoms with Crippen molar-refractivity contribution in [2.45, 2.75) is 13.1 Å². The van der Waals surface area contributed by atoms with Crippen LogP contribution in [0.4, 0.5) is 13.2 Å². The second kappa shape index (κ2) is 3.89. The van der Waals surface area contributed by atoms with Crippen LogP contribution in [0.1, 0.15) is 17.7 Å². The predicted molar refractivity (Wildman–Crippen MR) is 41.7 cm³/mol. The molecule has 0 aliphatic heterocycles. The van der Waals surface area contributed by atoms with Gasteiger partial charge in [-0.3, -0.25) is 4.98 Å². The first-order valence-electron chi connectivity index (χ1n) is 3.14. The lowest BCUT2D eigenvalue weighted by molar-refractivity contribution is 0.143. The molecule has 0 amide bonds. The Morgan fingerprint density at radius 2 is 2.17 bits per heavy atom. The number of nitrogens with zero attached hydrogens (tertiary/aromatic N) is 1. The first-order chi connectivity index (χ1) is 5.66. The number of pyridine rings is 1. The maximum Gasteiger partial charge on any atom is 0.280 e. The second-order valence-corrected chi connectivity index (χ2v) is 2.95. The fraction of sp³-hybridized carbons (Fsp3) is 0.286. The van der Waals surface area contributed by atoms with Gasteiger partial charge in [0.05, 0.1) is 0 Å². The van der Waals surface area contributed by atoms with Crippen LogP contribution in [0.3, 0.4) is 0 Å². The number of hydrogen-bond acceptors (Lipinski definition) is 1. The Morgan fingerprint density at radius 3 is 2.58 bits per heavy atom. The highest BCUT2D eigenvalue weighted by Gasteiger charge is 2.16. The fourth-order valence-electron chi connectivity index (χ4n) is 0.804. The van der Waals surface area contributed by atoms with Gasteiger partial charge in [0, 0.05) is 16.2 Å². The second-order valence-electron chi connectivity index (χ2n) is 2.09. The molecule has 0 aromatic carbocycles. The summed E-state index contributed by atoms with van der Waals surface area (Å²) in [5, 5.41) is 0. The van der Waals surface area contributed by atoms with Gasteiger partial charge in [-0.25, -0.2) is 13.2 Å². The molecule has 0 unspecified atom stereocenters. The highest BCUT2D eigenvalue weighted by molar-refractivity contribution is 9.10. The summed E-state index contributed by atoms with van der Waals surface area (Å²) >= 11 is 2.96. The number of alkyl halides is 3. The van der Waals surface area contributed by atoms with E-state index in [1.54, 1.807) is 0 Å². The third kappa shape index (κ3) is 1.77. The van der Waals surface area contributed by atoms with Crippen molar-refractivity contribution in [1.29, 1.82) is 0 Å². The van der Waals surface area contributed by atoms with Crippen LogP contribution in [0, 0.1) is 0 Å². The largest absolute Gasteiger partial charge is 0.280 e. The Bertz CT molecular complexity index is 277. The van der Waals surface area contributed by atoms with Crippen molar-refractivity contribution in [2.75, 3.05) is 0 Å². The number of aromatic nitrogens is 1. The number of hydrogen-bond donors (Lipinski definition) is 0. The molecule has 0 radical (unpaired) electrons. The molecule has 0 aliphatic carbocycles. The molecule has 66 valence electrons. The Hall–Kier alpha value is -0.580. The van der Waals surface area contributed by atoms with E-state index >= 15 is 0 Å². The quantitative estimate of drug-likeness (QED) is 0.773. The minimum Gasteiger partial charge on any atom is -0.255 e. The van der Waals surface area contributed by atoms with E-state index in [0.29, 0.717) is 4.47 Å². The average molecular weight is 240 g/mol. The van der Waals surface area contributed by atoms with Crippen molar-refractivity contribution in [1.82, 2.24) is 4.98 Å². The molecule has 1 heterocycles. The fourth-order valence-corrected chi connectivity index (χ4v) is 1.23. The third-order valence-electron chi connectivity index (χ3n) is 1.37. The minimum atomic E-state index is -2.73. The maximum absolute atomic E-state index is 12.2. The zero-order valence-corrected chi connectivity index (χ0v) is 7.48. The standard InChI is InChI=1S/C7H5BrF3N/c8-5-1-2-12-6(7(10)11)4(5)3-9/h1-2,7H,3H2. The lowest BCUT2D eigenvalue weighted by Gasteiger charge is -2.05. The van der Waals surface area contributed by atoms with E-state index < -0.39 is 18.8 Å². The smallest absolute Gasteiger partial charge is 0.255 e. The summed E-state index contributed by atoms with van der Waals surface area (Å²) in [7, 11) is 0. The summed E-state index contributed by atoms with van der Waals surface area (Å²) in [6.07, 6.45) is -1.52. The Morgan fingerprint density at radius 1 is 1.50 bits per heavy atom. The Kier molecular flexibility index (Phi) is 3.08. The molecular weight excluding hydrogens is 235 g/mol. The van der Waals surface area contributed by atoms with Gasteiger partial charge in [-0.15, -0.1) is 0 Å². The molecule has 0 fully saturated rings. The van der Waals surface area contributed by atoms with Crippen molar-refractivity contribution >= 4 is 15.9 Å². The van der Waals surface area contributed by atoms with Gasteiger partial charge in [-0.1, -0.05) is 15.9 Å². The lowest BCUT2D eigenvalue weighted by atomic mass is 10.2. The van der Waals surface area contributed by atoms with Gasteiger partial charge in [-0.2, -0.15) is 0 Å². The van der Waals surface area contributed by atoms with Crippen LogP contribution in [0.2, 0.25) is 0 Å². The monoisotopic (exact) mass is 239 g/mol. The van der Waals surface area contributed by atoms with Crippen LogP contribution in [-0.4, -0.2) is 4.98 Å². The molecule has 1 aromatic heterocycles. The molecule has 1 rings (SSSR count). The molecule has 0 aliphatic rings. The van der Waals surface area contributed by atoms with Gasteiger partial charge < -0.3 is 0 Å². The molecule has 0 spiro atoms. The number of rotatable bonds is 2. The summed E-state index contributed by atoms with van der Waals surface area (Å²) in [6, 6.07) is 1.43. The minimum absolute atomic E-state index is 0.0764. The molecule has 12 heavy (non-hydrogen) atoms. The molecule has 5 heteroatoms. The maximum atomic E-state index is 12.2. The van der Waals surface area contributed by atoms with E-state index in [2.05, 4.69) is 20.9 Å². The van der Waals surface area contributed by atoms with Crippen LogP contribution < -0.4 is 0 Å². The summed E-state index contributed by atoms with van der Waals surface area (Å²) in [5.41, 5.74) is -0.570. The molecular formula is C7H5BrF3N. The predicted octanol–water partition coefficient (Wildman–Crippen LogP) is 3.25. The van der Waals surface area contributed by atoms with Gasteiger partial charge in [0.25, 0.3) is 6.43 Å². The van der Waals surface area contributed by atoms with Crippen molar-refractivity contribution in [3.63, 3.8) is 0 Å². The molecule has 1 aromatic rings. The van der Waals surface area contributed by atoms with E-state index in [-0.39, 0.29) is 5.56 Å². The lowest BCUT2D eigenvalue weighted by Crippen LogP contribution is -1.97. The Labute approximate surface area is 75.7 Å². The molecule has 0 saturated heterocycles. The topological polar surface area (TPSA) is 12.9 Å². The normalized spacial score (nSPS) is 10.8. The van der Waals surface area contributed by atoms with Gasteiger partial charge in [0.1, 0.15) is 12.4 Å². The van der Waals surface area contributed by atoms with Gasteiger partial charge >= 0.3 is 0 Å². The van der Waals surface area contributed by atoms with E-state index in [0.717, 1.165) is 0 Å². The van der Waals surface area contributed by atoms with Crippen molar-refractivity contribution in [3.8, 4) is 0 Å². The summed E-state index contributed by atoms with van der Waals surface area (Å²) in [5.74, 6) is 0.